The minimum atomic E-state index is -3.95. The maximum absolute atomic E-state index is 12.0. The standard InChI is InChI=1S/C12H16N2O6S/c1-8(7-14-6-2-3-10(14)15)13-21(18,19)11-5-4-9(20-11)12(16)17/h4-5,8,13H,2-3,6-7H2,1H3,(H,16,17). The highest BCUT2D eigenvalue weighted by molar-refractivity contribution is 7.89. The molecule has 2 N–H and O–H groups in total. The van der Waals surface area contributed by atoms with E-state index in [1.165, 1.54) is 0 Å². The maximum atomic E-state index is 12.0. The van der Waals surface area contributed by atoms with Crippen molar-refractivity contribution >= 4 is 21.9 Å². The van der Waals surface area contributed by atoms with Crippen LogP contribution in [0.4, 0.5) is 0 Å². The monoisotopic (exact) mass is 316 g/mol. The molecule has 1 aliphatic rings. The molecule has 0 saturated carbocycles. The van der Waals surface area contributed by atoms with Crippen molar-refractivity contribution in [3.8, 4) is 0 Å². The van der Waals surface area contributed by atoms with Gasteiger partial charge in [-0.3, -0.25) is 4.79 Å². The Morgan fingerprint density at radius 3 is 2.76 bits per heavy atom. The second-order valence-electron chi connectivity index (χ2n) is 4.89. The first kappa shape index (κ1) is 15.5. The van der Waals surface area contributed by atoms with Crippen molar-refractivity contribution in [1.82, 2.24) is 9.62 Å². The topological polar surface area (TPSA) is 117 Å². The molecule has 1 atom stereocenters. The Morgan fingerprint density at radius 2 is 2.24 bits per heavy atom. The first-order valence-corrected chi connectivity index (χ1v) is 7.91. The summed E-state index contributed by atoms with van der Waals surface area (Å²) < 4.78 is 31.2. The van der Waals surface area contributed by atoms with Crippen molar-refractivity contribution in [3.63, 3.8) is 0 Å². The van der Waals surface area contributed by atoms with Crippen molar-refractivity contribution < 1.29 is 27.5 Å². The molecular weight excluding hydrogens is 300 g/mol. The lowest BCUT2D eigenvalue weighted by molar-refractivity contribution is -0.127. The SMILES string of the molecule is CC(CN1CCCC1=O)NS(=O)(=O)c1ccc(C(=O)O)o1. The molecule has 1 unspecified atom stereocenters. The van der Waals surface area contributed by atoms with E-state index in [2.05, 4.69) is 4.72 Å². The molecule has 116 valence electrons. The van der Waals surface area contributed by atoms with Crippen LogP contribution in [0.5, 0.6) is 0 Å². The van der Waals surface area contributed by atoms with Gasteiger partial charge in [-0.1, -0.05) is 0 Å². The van der Waals surface area contributed by atoms with Crippen molar-refractivity contribution in [3.05, 3.63) is 17.9 Å². The van der Waals surface area contributed by atoms with Gasteiger partial charge >= 0.3 is 5.97 Å². The summed E-state index contributed by atoms with van der Waals surface area (Å²) in [4.78, 5) is 23.8. The summed E-state index contributed by atoms with van der Waals surface area (Å²) in [5.41, 5.74) is 0. The maximum Gasteiger partial charge on any atom is 0.371 e. The van der Waals surface area contributed by atoms with Gasteiger partial charge in [-0.2, -0.15) is 0 Å². The summed E-state index contributed by atoms with van der Waals surface area (Å²) in [6.07, 6.45) is 1.26. The Balaban J connectivity index is 2.02. The second kappa shape index (κ2) is 5.86. The van der Waals surface area contributed by atoms with Gasteiger partial charge < -0.3 is 14.4 Å². The average Bonchev–Trinajstić information content (AvgIpc) is 2.99. The van der Waals surface area contributed by atoms with Crippen LogP contribution in [-0.2, 0) is 14.8 Å². The van der Waals surface area contributed by atoms with Gasteiger partial charge in [0.1, 0.15) is 0 Å². The van der Waals surface area contributed by atoms with E-state index in [1.807, 2.05) is 0 Å². The summed E-state index contributed by atoms with van der Waals surface area (Å²) in [5.74, 6) is -1.78. The molecule has 1 saturated heterocycles. The number of nitrogens with one attached hydrogen (secondary N) is 1. The zero-order valence-electron chi connectivity index (χ0n) is 11.4. The first-order valence-electron chi connectivity index (χ1n) is 6.43. The Morgan fingerprint density at radius 1 is 1.52 bits per heavy atom. The molecule has 8 nitrogen and oxygen atoms in total. The van der Waals surface area contributed by atoms with Gasteiger partial charge in [0, 0.05) is 25.6 Å². The van der Waals surface area contributed by atoms with Gasteiger partial charge in [0.2, 0.25) is 16.8 Å². The number of sulfonamides is 1. The van der Waals surface area contributed by atoms with E-state index in [4.69, 9.17) is 9.52 Å². The second-order valence-corrected chi connectivity index (χ2v) is 6.53. The molecule has 1 aromatic rings. The van der Waals surface area contributed by atoms with E-state index in [9.17, 15) is 18.0 Å². The molecule has 0 radical (unpaired) electrons. The quantitative estimate of drug-likeness (QED) is 0.778. The molecule has 1 aromatic heterocycles. The lowest BCUT2D eigenvalue weighted by Crippen LogP contribution is -2.42. The van der Waals surface area contributed by atoms with E-state index < -0.39 is 32.9 Å². The molecule has 0 aromatic carbocycles. The van der Waals surface area contributed by atoms with Crippen LogP contribution in [0.25, 0.3) is 0 Å². The van der Waals surface area contributed by atoms with Crippen LogP contribution in [0.15, 0.2) is 21.6 Å². The van der Waals surface area contributed by atoms with E-state index in [1.54, 1.807) is 11.8 Å². The van der Waals surface area contributed by atoms with Crippen LogP contribution in [0.2, 0.25) is 0 Å². The Labute approximate surface area is 121 Å². The lowest BCUT2D eigenvalue weighted by Gasteiger charge is -2.21. The fourth-order valence-corrected chi connectivity index (χ4v) is 3.33. The lowest BCUT2D eigenvalue weighted by atomic mass is 10.3. The minimum Gasteiger partial charge on any atom is -0.475 e. The van der Waals surface area contributed by atoms with Crippen LogP contribution < -0.4 is 4.72 Å². The molecule has 1 amide bonds. The Kier molecular flexibility index (Phi) is 4.33. The first-order chi connectivity index (χ1) is 9.79. The Bertz CT molecular complexity index is 650. The largest absolute Gasteiger partial charge is 0.475 e. The van der Waals surface area contributed by atoms with Gasteiger partial charge in [0.15, 0.2) is 0 Å². The number of nitrogens with zero attached hydrogens (tertiary/aromatic N) is 1. The molecule has 0 aliphatic carbocycles. The number of hydrogen-bond donors (Lipinski definition) is 2. The number of carboxylic acids is 1. The average molecular weight is 316 g/mol. The van der Waals surface area contributed by atoms with Crippen LogP contribution in [-0.4, -0.2) is 49.4 Å². The van der Waals surface area contributed by atoms with Gasteiger partial charge in [-0.05, 0) is 25.5 Å². The number of amides is 1. The van der Waals surface area contributed by atoms with Crippen LogP contribution in [0, 0.1) is 0 Å². The van der Waals surface area contributed by atoms with Crippen LogP contribution in [0.1, 0.15) is 30.3 Å². The molecule has 0 spiro atoms. The fourth-order valence-electron chi connectivity index (χ4n) is 2.17. The normalized spacial score (nSPS) is 17.2. The molecule has 9 heteroatoms. The molecule has 0 bridgehead atoms. The number of carboxylic acid groups (broad SMARTS) is 1. The number of aromatic carboxylic acids is 1. The highest BCUT2D eigenvalue weighted by Gasteiger charge is 2.26. The minimum absolute atomic E-state index is 0.00668. The van der Waals surface area contributed by atoms with Crippen LogP contribution in [0.3, 0.4) is 0 Å². The van der Waals surface area contributed by atoms with E-state index in [-0.39, 0.29) is 12.5 Å². The summed E-state index contributed by atoms with van der Waals surface area (Å²) >= 11 is 0. The number of hydrogen-bond acceptors (Lipinski definition) is 5. The molecule has 1 aliphatic heterocycles. The molecule has 2 rings (SSSR count). The van der Waals surface area contributed by atoms with Crippen LogP contribution >= 0.6 is 0 Å². The highest BCUT2D eigenvalue weighted by Crippen LogP contribution is 2.15. The van der Waals surface area contributed by atoms with Gasteiger partial charge in [-0.15, -0.1) is 0 Å². The van der Waals surface area contributed by atoms with E-state index in [0.717, 1.165) is 18.6 Å². The van der Waals surface area contributed by atoms with E-state index in [0.29, 0.717) is 13.0 Å². The third kappa shape index (κ3) is 3.61. The number of likely N-dealkylation sites (tertiary alicyclic amines) is 1. The number of rotatable bonds is 6. The van der Waals surface area contributed by atoms with Crippen molar-refractivity contribution in [1.29, 1.82) is 0 Å². The molecule has 1 fully saturated rings. The van der Waals surface area contributed by atoms with Gasteiger partial charge in [0.25, 0.3) is 10.0 Å². The summed E-state index contributed by atoms with van der Waals surface area (Å²) in [7, 11) is -3.95. The van der Waals surface area contributed by atoms with Gasteiger partial charge in [0.05, 0.1) is 0 Å². The number of carbonyl (C=O) groups excluding carboxylic acids is 1. The summed E-state index contributed by atoms with van der Waals surface area (Å²) in [6, 6.07) is 1.65. The zero-order valence-corrected chi connectivity index (χ0v) is 12.2. The number of furan rings is 1. The van der Waals surface area contributed by atoms with Crippen molar-refractivity contribution in [2.75, 3.05) is 13.1 Å². The molecule has 21 heavy (non-hydrogen) atoms. The summed E-state index contributed by atoms with van der Waals surface area (Å²) in [6.45, 7) is 2.52. The molecule has 2 heterocycles. The number of carbonyl (C=O) groups is 2. The van der Waals surface area contributed by atoms with E-state index >= 15 is 0 Å². The molecular formula is C12H16N2O6S. The predicted octanol–water partition coefficient (Wildman–Crippen LogP) is 0.267. The third-order valence-corrected chi connectivity index (χ3v) is 4.54. The fraction of sp³-hybridized carbons (Fsp3) is 0.500. The summed E-state index contributed by atoms with van der Waals surface area (Å²) in [5, 5.41) is 8.25. The zero-order chi connectivity index (χ0) is 15.6. The highest BCUT2D eigenvalue weighted by atomic mass is 32.2. The third-order valence-electron chi connectivity index (χ3n) is 3.08. The van der Waals surface area contributed by atoms with Gasteiger partial charge in [-0.25, -0.2) is 17.9 Å². The predicted molar refractivity (Wildman–Crippen MR) is 71.3 cm³/mol. The Hall–Kier alpha value is -1.87. The van der Waals surface area contributed by atoms with Crippen molar-refractivity contribution in [2.45, 2.75) is 30.9 Å². The smallest absolute Gasteiger partial charge is 0.371 e. The van der Waals surface area contributed by atoms with Crippen molar-refractivity contribution in [2.24, 2.45) is 0 Å².